The Labute approximate surface area is 122 Å². The van der Waals surface area contributed by atoms with Gasteiger partial charge in [-0.1, -0.05) is 35.3 Å². The zero-order valence-corrected chi connectivity index (χ0v) is 11.9. The molecule has 0 amide bonds. The van der Waals surface area contributed by atoms with Crippen LogP contribution in [0.1, 0.15) is 17.2 Å². The fraction of sp³-hybridized carbons (Fsp3) is 0.143. The fourth-order valence-corrected chi connectivity index (χ4v) is 2.36. The minimum absolute atomic E-state index is 0.243. The highest BCUT2D eigenvalue weighted by atomic mass is 35.5. The summed E-state index contributed by atoms with van der Waals surface area (Å²) in [4.78, 5) is 0. The van der Waals surface area contributed by atoms with Crippen molar-refractivity contribution < 1.29 is 4.74 Å². The predicted octanol–water partition coefficient (Wildman–Crippen LogP) is 3.55. The molecule has 1 unspecified atom stereocenters. The Morgan fingerprint density at radius 3 is 2.47 bits per heavy atom. The SMILES string of the molecule is COc1ccc(Cl)cc1C(NN)c1cccc(Cl)c1. The quantitative estimate of drug-likeness (QED) is 0.670. The summed E-state index contributed by atoms with van der Waals surface area (Å²) < 4.78 is 5.35. The number of methoxy groups -OCH3 is 1. The van der Waals surface area contributed by atoms with Crippen molar-refractivity contribution in [3.8, 4) is 5.75 Å². The van der Waals surface area contributed by atoms with Crippen molar-refractivity contribution in [1.29, 1.82) is 0 Å². The molecule has 1 atom stereocenters. The van der Waals surface area contributed by atoms with E-state index in [0.29, 0.717) is 15.8 Å². The maximum Gasteiger partial charge on any atom is 0.124 e. The van der Waals surface area contributed by atoms with E-state index in [1.54, 1.807) is 13.2 Å². The standard InChI is InChI=1S/C14H14Cl2N2O/c1-19-13-6-5-11(16)8-12(13)14(18-17)9-3-2-4-10(15)7-9/h2-8,14,18H,17H2,1H3. The maximum atomic E-state index is 6.04. The lowest BCUT2D eigenvalue weighted by molar-refractivity contribution is 0.404. The molecule has 19 heavy (non-hydrogen) atoms. The monoisotopic (exact) mass is 296 g/mol. The van der Waals surface area contributed by atoms with Gasteiger partial charge in [-0.05, 0) is 35.9 Å². The van der Waals surface area contributed by atoms with E-state index in [0.717, 1.165) is 11.1 Å². The second-order valence-corrected chi connectivity index (χ2v) is 4.91. The lowest BCUT2D eigenvalue weighted by atomic mass is 9.98. The van der Waals surface area contributed by atoms with Crippen LogP contribution in [0.25, 0.3) is 0 Å². The average Bonchev–Trinajstić information content (AvgIpc) is 2.40. The molecule has 0 aliphatic carbocycles. The molecule has 0 fully saturated rings. The molecular formula is C14H14Cl2N2O. The molecule has 0 saturated heterocycles. The molecule has 0 spiro atoms. The van der Waals surface area contributed by atoms with Gasteiger partial charge in [-0.15, -0.1) is 0 Å². The average molecular weight is 297 g/mol. The zero-order valence-electron chi connectivity index (χ0n) is 10.4. The molecule has 2 aromatic carbocycles. The molecule has 0 saturated carbocycles. The first kappa shape index (κ1) is 14.2. The van der Waals surface area contributed by atoms with Crippen LogP contribution >= 0.6 is 23.2 Å². The van der Waals surface area contributed by atoms with Gasteiger partial charge in [0.2, 0.25) is 0 Å². The van der Waals surface area contributed by atoms with E-state index in [4.69, 9.17) is 33.8 Å². The summed E-state index contributed by atoms with van der Waals surface area (Å²) in [6.07, 6.45) is 0. The largest absolute Gasteiger partial charge is 0.496 e. The molecule has 5 heteroatoms. The normalized spacial score (nSPS) is 12.2. The van der Waals surface area contributed by atoms with Gasteiger partial charge in [-0.25, -0.2) is 5.43 Å². The summed E-state index contributed by atoms with van der Waals surface area (Å²) in [6, 6.07) is 12.6. The lowest BCUT2D eigenvalue weighted by Crippen LogP contribution is -2.29. The van der Waals surface area contributed by atoms with Gasteiger partial charge in [0.15, 0.2) is 0 Å². The van der Waals surface area contributed by atoms with Gasteiger partial charge in [0, 0.05) is 15.6 Å². The first-order valence-electron chi connectivity index (χ1n) is 5.70. The number of hydrazine groups is 1. The van der Waals surface area contributed by atoms with E-state index in [-0.39, 0.29) is 6.04 Å². The lowest BCUT2D eigenvalue weighted by Gasteiger charge is -2.20. The number of nitrogens with one attached hydrogen (secondary N) is 1. The number of hydrogen-bond donors (Lipinski definition) is 2. The van der Waals surface area contributed by atoms with Gasteiger partial charge in [0.05, 0.1) is 13.2 Å². The van der Waals surface area contributed by atoms with Crippen molar-refractivity contribution >= 4 is 23.2 Å². The van der Waals surface area contributed by atoms with Crippen molar-refractivity contribution in [3.63, 3.8) is 0 Å². The molecule has 2 aromatic rings. The highest BCUT2D eigenvalue weighted by molar-refractivity contribution is 6.31. The number of rotatable bonds is 4. The molecule has 0 bridgehead atoms. The summed E-state index contributed by atoms with van der Waals surface area (Å²) in [6.45, 7) is 0. The van der Waals surface area contributed by atoms with Crippen LogP contribution in [-0.2, 0) is 0 Å². The molecule has 0 aliphatic rings. The van der Waals surface area contributed by atoms with Crippen molar-refractivity contribution in [3.05, 3.63) is 63.6 Å². The molecule has 0 aliphatic heterocycles. The van der Waals surface area contributed by atoms with Gasteiger partial charge >= 0.3 is 0 Å². The predicted molar refractivity (Wildman–Crippen MR) is 78.6 cm³/mol. The minimum atomic E-state index is -0.243. The molecule has 3 nitrogen and oxygen atoms in total. The van der Waals surface area contributed by atoms with Gasteiger partial charge in [-0.2, -0.15) is 0 Å². The first-order chi connectivity index (χ1) is 9.15. The Morgan fingerprint density at radius 2 is 1.84 bits per heavy atom. The van der Waals surface area contributed by atoms with Gasteiger partial charge in [-0.3, -0.25) is 5.84 Å². The third-order valence-corrected chi connectivity index (χ3v) is 3.32. The fourth-order valence-electron chi connectivity index (χ4n) is 1.98. The number of ether oxygens (including phenoxy) is 1. The summed E-state index contributed by atoms with van der Waals surface area (Å²) >= 11 is 12.1. The minimum Gasteiger partial charge on any atom is -0.496 e. The Hall–Kier alpha value is -1.26. The topological polar surface area (TPSA) is 47.3 Å². The third kappa shape index (κ3) is 3.19. The van der Waals surface area contributed by atoms with Crippen molar-refractivity contribution in [2.24, 2.45) is 5.84 Å². The van der Waals surface area contributed by atoms with Crippen molar-refractivity contribution in [2.45, 2.75) is 6.04 Å². The Bertz CT molecular complexity index is 575. The highest BCUT2D eigenvalue weighted by Gasteiger charge is 2.17. The summed E-state index contributed by atoms with van der Waals surface area (Å²) in [5, 5.41) is 1.27. The number of hydrogen-bond acceptors (Lipinski definition) is 3. The van der Waals surface area contributed by atoms with Crippen LogP contribution in [0.3, 0.4) is 0 Å². The summed E-state index contributed by atoms with van der Waals surface area (Å²) in [5.74, 6) is 6.38. The highest BCUT2D eigenvalue weighted by Crippen LogP contribution is 2.32. The Balaban J connectivity index is 2.50. The molecule has 0 heterocycles. The molecule has 0 radical (unpaired) electrons. The van der Waals surface area contributed by atoms with Crippen LogP contribution < -0.4 is 16.0 Å². The van der Waals surface area contributed by atoms with Crippen LogP contribution in [0.4, 0.5) is 0 Å². The first-order valence-corrected chi connectivity index (χ1v) is 6.46. The Kier molecular flexibility index (Phi) is 4.66. The molecule has 100 valence electrons. The number of halogens is 2. The van der Waals surface area contributed by atoms with E-state index >= 15 is 0 Å². The maximum absolute atomic E-state index is 6.04. The van der Waals surface area contributed by atoms with Crippen molar-refractivity contribution in [2.75, 3.05) is 7.11 Å². The van der Waals surface area contributed by atoms with E-state index in [2.05, 4.69) is 5.43 Å². The number of benzene rings is 2. The molecule has 0 aromatic heterocycles. The second-order valence-electron chi connectivity index (χ2n) is 4.04. The summed E-state index contributed by atoms with van der Waals surface area (Å²) in [7, 11) is 1.61. The van der Waals surface area contributed by atoms with E-state index < -0.39 is 0 Å². The van der Waals surface area contributed by atoms with Crippen LogP contribution in [0.5, 0.6) is 5.75 Å². The second kappa shape index (κ2) is 6.26. The molecule has 3 N–H and O–H groups in total. The van der Waals surface area contributed by atoms with Gasteiger partial charge in [0.1, 0.15) is 5.75 Å². The van der Waals surface area contributed by atoms with Gasteiger partial charge in [0.25, 0.3) is 0 Å². The summed E-state index contributed by atoms with van der Waals surface area (Å²) in [5.41, 5.74) is 4.57. The van der Waals surface area contributed by atoms with E-state index in [1.165, 1.54) is 0 Å². The van der Waals surface area contributed by atoms with E-state index in [9.17, 15) is 0 Å². The molecular weight excluding hydrogens is 283 g/mol. The third-order valence-electron chi connectivity index (χ3n) is 2.85. The van der Waals surface area contributed by atoms with Crippen molar-refractivity contribution in [1.82, 2.24) is 5.43 Å². The van der Waals surface area contributed by atoms with Crippen LogP contribution in [0.2, 0.25) is 10.0 Å². The zero-order chi connectivity index (χ0) is 13.8. The molecule has 2 rings (SSSR count). The van der Waals surface area contributed by atoms with Crippen LogP contribution in [-0.4, -0.2) is 7.11 Å². The van der Waals surface area contributed by atoms with E-state index in [1.807, 2.05) is 36.4 Å². The smallest absolute Gasteiger partial charge is 0.124 e. The number of nitrogens with two attached hydrogens (primary N) is 1. The van der Waals surface area contributed by atoms with Crippen LogP contribution in [0.15, 0.2) is 42.5 Å². The Morgan fingerprint density at radius 1 is 1.11 bits per heavy atom. The van der Waals surface area contributed by atoms with Crippen LogP contribution in [0, 0.1) is 0 Å². The van der Waals surface area contributed by atoms with Gasteiger partial charge < -0.3 is 4.74 Å².